The fourth-order valence-electron chi connectivity index (χ4n) is 4.03. The fourth-order valence-corrected chi connectivity index (χ4v) is 4.03. The number of hydrogen-bond acceptors (Lipinski definition) is 8. The largest absolute Gasteiger partial charge is 0.482 e. The van der Waals surface area contributed by atoms with Crippen LogP contribution in [0.15, 0.2) is 42.9 Å². The number of aromatic nitrogens is 5. The lowest BCUT2D eigenvalue weighted by molar-refractivity contribution is -0.0595. The number of methoxy groups -OCH3 is 2. The molecule has 194 valence electrons. The lowest BCUT2D eigenvalue weighted by atomic mass is 10.2. The Morgan fingerprint density at radius 3 is 2.65 bits per heavy atom. The normalized spacial score (nSPS) is 17.0. The molecule has 4 aromatic rings. The highest BCUT2D eigenvalue weighted by atomic mass is 19.3. The van der Waals surface area contributed by atoms with Gasteiger partial charge in [0, 0.05) is 18.6 Å². The van der Waals surface area contributed by atoms with Crippen LogP contribution in [0.25, 0.3) is 16.9 Å². The van der Waals surface area contributed by atoms with Crippen molar-refractivity contribution in [1.29, 1.82) is 0 Å². The van der Waals surface area contributed by atoms with Gasteiger partial charge in [-0.2, -0.15) is 10.1 Å². The average molecular weight is 522 g/mol. The van der Waals surface area contributed by atoms with Gasteiger partial charge in [0.15, 0.2) is 11.8 Å². The second-order valence-electron chi connectivity index (χ2n) is 8.12. The first-order valence-corrected chi connectivity index (χ1v) is 10.9. The zero-order valence-corrected chi connectivity index (χ0v) is 19.4. The molecule has 1 fully saturated rings. The Labute approximate surface area is 206 Å². The van der Waals surface area contributed by atoms with Gasteiger partial charge in [0.2, 0.25) is 5.88 Å². The first-order chi connectivity index (χ1) is 17.7. The molecule has 0 bridgehead atoms. The number of anilines is 1. The molecule has 1 saturated heterocycles. The van der Waals surface area contributed by atoms with Gasteiger partial charge in [0.25, 0.3) is 6.43 Å². The average Bonchev–Trinajstić information content (AvgIpc) is 3.47. The third-order valence-corrected chi connectivity index (χ3v) is 5.80. The maximum atomic E-state index is 15.0. The van der Waals surface area contributed by atoms with Crippen LogP contribution in [0.1, 0.15) is 12.0 Å². The molecule has 0 spiro atoms. The van der Waals surface area contributed by atoms with Gasteiger partial charge in [0.1, 0.15) is 17.3 Å². The number of alkyl halides is 4. The zero-order valence-electron chi connectivity index (χ0n) is 19.4. The molecular formula is C23H19F5N6O3. The second kappa shape index (κ2) is 9.33. The molecule has 0 N–H and O–H groups in total. The van der Waals surface area contributed by atoms with E-state index in [0.717, 1.165) is 18.2 Å². The molecule has 0 radical (unpaired) electrons. The SMILES string of the molecule is COc1ncc(-c2cc(N3CC(Oc4ccc(F)c(C(F)F)c4)C(F)(F)C3)c3nccn3n2)c(OC)n1. The van der Waals surface area contributed by atoms with Crippen LogP contribution in [0.3, 0.4) is 0 Å². The molecule has 1 atom stereocenters. The lowest BCUT2D eigenvalue weighted by Crippen LogP contribution is -2.36. The van der Waals surface area contributed by atoms with E-state index in [0.29, 0.717) is 22.6 Å². The maximum Gasteiger partial charge on any atom is 0.319 e. The van der Waals surface area contributed by atoms with Crippen LogP contribution in [0, 0.1) is 5.82 Å². The predicted octanol–water partition coefficient (Wildman–Crippen LogP) is 4.18. The van der Waals surface area contributed by atoms with Crippen LogP contribution < -0.4 is 19.1 Å². The Balaban J connectivity index is 1.50. The summed E-state index contributed by atoms with van der Waals surface area (Å²) in [6.45, 7) is -1.06. The second-order valence-corrected chi connectivity index (χ2v) is 8.12. The predicted molar refractivity (Wildman–Crippen MR) is 120 cm³/mol. The van der Waals surface area contributed by atoms with Gasteiger partial charge in [-0.1, -0.05) is 0 Å². The van der Waals surface area contributed by atoms with Crippen molar-refractivity contribution in [2.24, 2.45) is 0 Å². The van der Waals surface area contributed by atoms with E-state index >= 15 is 8.78 Å². The number of imidazole rings is 1. The summed E-state index contributed by atoms with van der Waals surface area (Å²) in [5.74, 6) is -4.65. The van der Waals surface area contributed by atoms with Gasteiger partial charge in [-0.15, -0.1) is 0 Å². The minimum atomic E-state index is -3.37. The van der Waals surface area contributed by atoms with Crippen molar-refractivity contribution in [2.75, 3.05) is 32.2 Å². The molecule has 9 nitrogen and oxygen atoms in total. The van der Waals surface area contributed by atoms with E-state index in [9.17, 15) is 13.2 Å². The van der Waals surface area contributed by atoms with Crippen LogP contribution in [-0.4, -0.2) is 63.9 Å². The molecule has 1 aliphatic rings. The Morgan fingerprint density at radius 2 is 1.92 bits per heavy atom. The molecule has 3 aromatic heterocycles. The molecule has 0 aliphatic carbocycles. The standard InChI is InChI=1S/C23H19F5N6O3/c1-35-21-14(9-30-22(31-21)36-2)16-8-17(20-29-5-6-34(20)32-16)33-10-18(23(27,28)11-33)37-12-3-4-15(24)13(7-12)19(25)26/h3-9,18-19H,10-11H2,1-2H3. The topological polar surface area (TPSA) is 86.9 Å². The Morgan fingerprint density at radius 1 is 1.11 bits per heavy atom. The summed E-state index contributed by atoms with van der Waals surface area (Å²) >= 11 is 0. The molecule has 4 heterocycles. The van der Waals surface area contributed by atoms with Crippen molar-refractivity contribution in [2.45, 2.75) is 18.5 Å². The minimum Gasteiger partial charge on any atom is -0.482 e. The van der Waals surface area contributed by atoms with Gasteiger partial charge in [-0.25, -0.2) is 36.4 Å². The Hall–Kier alpha value is -4.23. The summed E-state index contributed by atoms with van der Waals surface area (Å²) in [6, 6.07) is 4.13. The molecule has 1 aliphatic heterocycles. The zero-order chi connectivity index (χ0) is 26.3. The first-order valence-electron chi connectivity index (χ1n) is 10.9. The Kier molecular flexibility index (Phi) is 6.17. The number of ether oxygens (including phenoxy) is 3. The van der Waals surface area contributed by atoms with Crippen LogP contribution in [0.5, 0.6) is 17.6 Å². The van der Waals surface area contributed by atoms with Crippen LogP contribution in [-0.2, 0) is 0 Å². The highest BCUT2D eigenvalue weighted by Gasteiger charge is 2.50. The maximum absolute atomic E-state index is 15.0. The highest BCUT2D eigenvalue weighted by molar-refractivity contribution is 5.76. The molecular weight excluding hydrogens is 503 g/mol. The van der Waals surface area contributed by atoms with E-state index in [1.807, 2.05) is 0 Å². The molecule has 0 saturated carbocycles. The van der Waals surface area contributed by atoms with Crippen molar-refractivity contribution in [3.63, 3.8) is 0 Å². The minimum absolute atomic E-state index is 0.0690. The van der Waals surface area contributed by atoms with E-state index in [1.54, 1.807) is 12.3 Å². The third-order valence-electron chi connectivity index (χ3n) is 5.80. The lowest BCUT2D eigenvalue weighted by Gasteiger charge is -2.20. The van der Waals surface area contributed by atoms with Crippen LogP contribution in [0.2, 0.25) is 0 Å². The van der Waals surface area contributed by atoms with Crippen molar-refractivity contribution in [3.8, 4) is 28.9 Å². The quantitative estimate of drug-likeness (QED) is 0.334. The Bertz CT molecular complexity index is 1450. The molecule has 37 heavy (non-hydrogen) atoms. The summed E-state index contributed by atoms with van der Waals surface area (Å²) in [5, 5.41) is 4.46. The molecule has 1 unspecified atom stereocenters. The van der Waals surface area contributed by atoms with Gasteiger partial charge < -0.3 is 19.1 Å². The van der Waals surface area contributed by atoms with E-state index in [4.69, 9.17) is 14.2 Å². The molecule has 1 aromatic carbocycles. The van der Waals surface area contributed by atoms with E-state index in [2.05, 4.69) is 20.1 Å². The highest BCUT2D eigenvalue weighted by Crippen LogP contribution is 2.38. The summed E-state index contributed by atoms with van der Waals surface area (Å²) < 4.78 is 86.9. The van der Waals surface area contributed by atoms with E-state index in [1.165, 1.54) is 36.0 Å². The number of hydrogen-bond donors (Lipinski definition) is 0. The van der Waals surface area contributed by atoms with Crippen molar-refractivity contribution >= 4 is 11.3 Å². The number of fused-ring (bicyclic) bond motifs is 1. The van der Waals surface area contributed by atoms with Gasteiger partial charge >= 0.3 is 11.9 Å². The van der Waals surface area contributed by atoms with Crippen molar-refractivity contribution in [3.05, 3.63) is 54.2 Å². The third kappa shape index (κ3) is 4.54. The van der Waals surface area contributed by atoms with Crippen LogP contribution >= 0.6 is 0 Å². The monoisotopic (exact) mass is 522 g/mol. The number of rotatable bonds is 7. The van der Waals surface area contributed by atoms with Crippen molar-refractivity contribution in [1.82, 2.24) is 24.6 Å². The van der Waals surface area contributed by atoms with Gasteiger partial charge in [-0.3, -0.25) is 0 Å². The van der Waals surface area contributed by atoms with E-state index in [-0.39, 0.29) is 24.2 Å². The number of halogens is 5. The molecule has 0 amide bonds. The summed E-state index contributed by atoms with van der Waals surface area (Å²) in [5.41, 5.74) is 0.378. The van der Waals surface area contributed by atoms with Gasteiger partial charge in [0.05, 0.1) is 44.1 Å². The first kappa shape index (κ1) is 24.5. The summed E-state index contributed by atoms with van der Waals surface area (Å²) in [6.07, 6.45) is -0.379. The van der Waals surface area contributed by atoms with E-state index < -0.39 is 36.4 Å². The number of benzene rings is 1. The van der Waals surface area contributed by atoms with Crippen LogP contribution in [0.4, 0.5) is 27.6 Å². The summed E-state index contributed by atoms with van der Waals surface area (Å²) in [7, 11) is 2.80. The van der Waals surface area contributed by atoms with Gasteiger partial charge in [-0.05, 0) is 24.3 Å². The summed E-state index contributed by atoms with van der Waals surface area (Å²) in [4.78, 5) is 13.8. The van der Waals surface area contributed by atoms with Crippen molar-refractivity contribution < 1.29 is 36.2 Å². The number of nitrogens with zero attached hydrogens (tertiary/aromatic N) is 6. The molecule has 5 rings (SSSR count). The molecule has 14 heteroatoms. The fraction of sp³-hybridized carbons (Fsp3) is 0.304. The smallest absolute Gasteiger partial charge is 0.319 e.